The summed E-state index contributed by atoms with van der Waals surface area (Å²) >= 11 is 0. The minimum Gasteiger partial charge on any atom is -0.479 e. The lowest BCUT2D eigenvalue weighted by molar-refractivity contribution is -0.301. The van der Waals surface area contributed by atoms with Gasteiger partial charge in [-0.05, 0) is 122 Å². The first-order valence-electron chi connectivity index (χ1n) is 30.5. The van der Waals surface area contributed by atoms with Crippen molar-refractivity contribution in [1.29, 1.82) is 0 Å². The molecule has 81 heavy (non-hydrogen) atoms. The summed E-state index contributed by atoms with van der Waals surface area (Å²) in [7, 11) is 0. The van der Waals surface area contributed by atoms with Crippen LogP contribution in [0.2, 0.25) is 0 Å². The molecular weight excluding hydrogens is 1020 g/mol. The summed E-state index contributed by atoms with van der Waals surface area (Å²) < 4.78 is 28.3. The number of hydrogen-bond acceptors (Lipinski definition) is 11. The van der Waals surface area contributed by atoms with Crippen molar-refractivity contribution in [3.8, 4) is 0 Å². The van der Waals surface area contributed by atoms with Crippen molar-refractivity contribution in [1.82, 2.24) is 0 Å². The lowest BCUT2D eigenvalue weighted by Crippen LogP contribution is -2.61. The standard InChI is InChI=1S/C69H104O12/c1-4-7-10-13-16-19-22-25-27-29-31-33-35-38-40-43-46-49-52-55-61(70)77-58-60(79-62(71)56-53-50-47-44-42-39-36-34-32-30-28-26-23-20-17-14-11-8-5-2)59-78-69-67(65(74)64(73)66(81-69)68(75)76)80-63(72)57-54-51-48-45-41-37-24-21-18-15-12-9-6-3/h7-8,10-11,16-17,19-21,24-28,31-34,38-40,42,46-47,49-50,60,64-67,69,73-74H,4-6,9,12-15,18,22-23,29-30,35-37,41,43-45,48,51-59H2,1-3H3,(H,75,76)/b10-7-,11-8-,19-16-,20-17-,24-21-,27-25-,28-26-,33-31-,34-32-,40-38-,42-39-,49-46-,50-47-. The Hall–Kier alpha value is -5.66. The number of aliphatic hydroxyl groups excluding tert-OH is 2. The lowest BCUT2D eigenvalue weighted by atomic mass is 9.98. The third-order valence-electron chi connectivity index (χ3n) is 12.6. The molecule has 0 aromatic rings. The summed E-state index contributed by atoms with van der Waals surface area (Å²) in [5, 5.41) is 31.5. The van der Waals surface area contributed by atoms with Gasteiger partial charge in [-0.25, -0.2) is 4.79 Å². The maximum atomic E-state index is 13.1. The number of aliphatic carboxylic acids is 1. The summed E-state index contributed by atoms with van der Waals surface area (Å²) in [4.78, 5) is 51.1. The highest BCUT2D eigenvalue weighted by atomic mass is 16.7. The summed E-state index contributed by atoms with van der Waals surface area (Å²) in [6.07, 6.45) is 68.1. The number of carbonyl (C=O) groups excluding carboxylic acids is 3. The number of unbranched alkanes of at least 4 members (excludes halogenated alkanes) is 9. The number of allylic oxidation sites excluding steroid dienone is 26. The molecule has 6 unspecified atom stereocenters. The predicted octanol–water partition coefficient (Wildman–Crippen LogP) is 16.1. The first-order chi connectivity index (χ1) is 39.6. The molecule has 0 aliphatic carbocycles. The van der Waals surface area contributed by atoms with Gasteiger partial charge in [0.05, 0.1) is 6.61 Å². The molecule has 12 nitrogen and oxygen atoms in total. The van der Waals surface area contributed by atoms with Gasteiger partial charge in [0, 0.05) is 19.3 Å². The number of carboxylic acids is 1. The molecule has 452 valence electrons. The average Bonchev–Trinajstić information content (AvgIpc) is 3.46. The van der Waals surface area contributed by atoms with Gasteiger partial charge in [0.1, 0.15) is 18.8 Å². The summed E-state index contributed by atoms with van der Waals surface area (Å²) in [5.41, 5.74) is 0. The number of carboxylic acid groups (broad SMARTS) is 1. The van der Waals surface area contributed by atoms with Crippen molar-refractivity contribution in [2.24, 2.45) is 0 Å². The van der Waals surface area contributed by atoms with E-state index in [1.54, 1.807) is 0 Å². The molecular formula is C69H104O12. The Kier molecular flexibility index (Phi) is 49.7. The zero-order chi connectivity index (χ0) is 58.9. The molecule has 0 bridgehead atoms. The number of ether oxygens (including phenoxy) is 5. The van der Waals surface area contributed by atoms with Crippen molar-refractivity contribution in [2.45, 2.75) is 237 Å². The van der Waals surface area contributed by atoms with Gasteiger partial charge < -0.3 is 39.0 Å². The zero-order valence-corrected chi connectivity index (χ0v) is 49.7. The molecule has 3 N–H and O–H groups in total. The monoisotopic (exact) mass is 1120 g/mol. The van der Waals surface area contributed by atoms with Crippen LogP contribution in [0.3, 0.4) is 0 Å². The summed E-state index contributed by atoms with van der Waals surface area (Å²) in [6, 6.07) is 0. The highest BCUT2D eigenvalue weighted by Gasteiger charge is 2.50. The van der Waals surface area contributed by atoms with Gasteiger partial charge in [-0.1, -0.05) is 217 Å². The quantitative estimate of drug-likeness (QED) is 0.0228. The van der Waals surface area contributed by atoms with Gasteiger partial charge in [-0.2, -0.15) is 0 Å². The molecule has 1 fully saturated rings. The maximum absolute atomic E-state index is 13.1. The molecule has 0 spiro atoms. The average molecular weight is 1130 g/mol. The van der Waals surface area contributed by atoms with Gasteiger partial charge in [-0.15, -0.1) is 0 Å². The molecule has 1 saturated heterocycles. The summed E-state index contributed by atoms with van der Waals surface area (Å²) in [5.74, 6) is -3.39. The van der Waals surface area contributed by atoms with Gasteiger partial charge >= 0.3 is 23.9 Å². The Morgan fingerprint density at radius 1 is 0.420 bits per heavy atom. The van der Waals surface area contributed by atoms with E-state index >= 15 is 0 Å². The van der Waals surface area contributed by atoms with E-state index in [2.05, 4.69) is 154 Å². The van der Waals surface area contributed by atoms with E-state index in [9.17, 15) is 34.5 Å². The van der Waals surface area contributed by atoms with Crippen LogP contribution in [0.15, 0.2) is 158 Å². The molecule has 0 radical (unpaired) electrons. The minimum absolute atomic E-state index is 0.0116. The Morgan fingerprint density at radius 2 is 0.802 bits per heavy atom. The second-order valence-electron chi connectivity index (χ2n) is 19.9. The topological polar surface area (TPSA) is 175 Å². The normalized spacial score (nSPS) is 18.9. The molecule has 1 rings (SSSR count). The van der Waals surface area contributed by atoms with Gasteiger partial charge in [0.2, 0.25) is 0 Å². The maximum Gasteiger partial charge on any atom is 0.335 e. The van der Waals surface area contributed by atoms with Crippen LogP contribution < -0.4 is 0 Å². The fourth-order valence-corrected chi connectivity index (χ4v) is 8.00. The van der Waals surface area contributed by atoms with Crippen LogP contribution in [0.5, 0.6) is 0 Å². The van der Waals surface area contributed by atoms with Crippen LogP contribution in [-0.4, -0.2) is 89.2 Å². The Bertz CT molecular complexity index is 2010. The molecule has 6 atom stereocenters. The second kappa shape index (κ2) is 54.9. The van der Waals surface area contributed by atoms with E-state index in [4.69, 9.17) is 23.7 Å². The first-order valence-corrected chi connectivity index (χ1v) is 30.5. The highest BCUT2D eigenvalue weighted by molar-refractivity contribution is 5.74. The van der Waals surface area contributed by atoms with Crippen LogP contribution in [0.4, 0.5) is 0 Å². The number of esters is 3. The summed E-state index contributed by atoms with van der Waals surface area (Å²) in [6.45, 7) is 5.60. The van der Waals surface area contributed by atoms with Gasteiger partial charge in [-0.3, -0.25) is 14.4 Å². The van der Waals surface area contributed by atoms with E-state index in [1.165, 1.54) is 25.7 Å². The Morgan fingerprint density at radius 3 is 1.23 bits per heavy atom. The number of carbonyl (C=O) groups is 4. The van der Waals surface area contributed by atoms with Crippen molar-refractivity contribution in [2.75, 3.05) is 13.2 Å². The second-order valence-corrected chi connectivity index (χ2v) is 19.9. The van der Waals surface area contributed by atoms with Crippen LogP contribution in [0, 0.1) is 0 Å². The molecule has 0 aromatic heterocycles. The number of hydrogen-bond donors (Lipinski definition) is 3. The van der Waals surface area contributed by atoms with Crippen LogP contribution in [-0.2, 0) is 42.9 Å². The third-order valence-corrected chi connectivity index (χ3v) is 12.6. The lowest BCUT2D eigenvalue weighted by Gasteiger charge is -2.40. The molecule has 1 aliphatic rings. The molecule has 1 aliphatic heterocycles. The van der Waals surface area contributed by atoms with E-state index in [-0.39, 0.29) is 19.3 Å². The molecule has 0 aromatic carbocycles. The number of rotatable bonds is 49. The third kappa shape index (κ3) is 44.7. The molecule has 1 heterocycles. The van der Waals surface area contributed by atoms with Crippen molar-refractivity contribution >= 4 is 23.9 Å². The Labute approximate surface area is 488 Å². The SMILES string of the molecule is CC/C=C\C/C=C\C/C=C\C/C=C\C/C=C\C/C=C\CCC(=O)OCC(COC1OC(C(=O)O)C(O)C(O)C1OC(=O)CCCCCCC/C=C\CCCCCC)OC(=O)CC/C=C\C/C=C\C/C=C\C/C=C\C/C=C\C/C=C\CC. The van der Waals surface area contributed by atoms with Crippen LogP contribution in [0.25, 0.3) is 0 Å². The van der Waals surface area contributed by atoms with Crippen molar-refractivity contribution in [3.05, 3.63) is 158 Å². The molecule has 0 saturated carbocycles. The Balaban J connectivity index is 2.80. The van der Waals surface area contributed by atoms with E-state index in [0.717, 1.165) is 103 Å². The fraction of sp³-hybridized carbons (Fsp3) is 0.565. The zero-order valence-electron chi connectivity index (χ0n) is 49.7. The molecule has 12 heteroatoms. The van der Waals surface area contributed by atoms with Gasteiger partial charge in [0.25, 0.3) is 0 Å². The van der Waals surface area contributed by atoms with Gasteiger partial charge in [0.15, 0.2) is 24.6 Å². The van der Waals surface area contributed by atoms with Crippen molar-refractivity contribution in [3.63, 3.8) is 0 Å². The first kappa shape index (κ1) is 73.4. The van der Waals surface area contributed by atoms with Crippen molar-refractivity contribution < 1.29 is 58.2 Å². The highest BCUT2D eigenvalue weighted by Crippen LogP contribution is 2.26. The van der Waals surface area contributed by atoms with E-state index in [0.29, 0.717) is 32.1 Å². The van der Waals surface area contributed by atoms with Crippen LogP contribution in [0.1, 0.15) is 201 Å². The van der Waals surface area contributed by atoms with Crippen LogP contribution >= 0.6 is 0 Å². The molecule has 0 amide bonds. The number of aliphatic hydroxyl groups is 2. The minimum atomic E-state index is -1.93. The van der Waals surface area contributed by atoms with E-state index < -0.39 is 73.9 Å². The smallest absolute Gasteiger partial charge is 0.335 e. The van der Waals surface area contributed by atoms with E-state index in [1.807, 2.05) is 24.3 Å². The predicted molar refractivity (Wildman–Crippen MR) is 330 cm³/mol. The fourth-order valence-electron chi connectivity index (χ4n) is 8.00. The largest absolute Gasteiger partial charge is 0.479 e.